The Hall–Kier alpha value is -0.870. The molecule has 0 aliphatic rings. The van der Waals surface area contributed by atoms with Gasteiger partial charge < -0.3 is 9.30 Å². The van der Waals surface area contributed by atoms with E-state index in [1.807, 2.05) is 37.7 Å². The summed E-state index contributed by atoms with van der Waals surface area (Å²) in [6.07, 6.45) is 3.19. The smallest absolute Gasteiger partial charge is 0.147 e. The van der Waals surface area contributed by atoms with Gasteiger partial charge in [0.1, 0.15) is 17.1 Å². The molecule has 0 aliphatic heterocycles. The molecular weight excluding hydrogens is 304 g/mol. The quantitative estimate of drug-likeness (QED) is 0.666. The van der Waals surface area contributed by atoms with E-state index in [0.29, 0.717) is 12.6 Å². The van der Waals surface area contributed by atoms with Gasteiger partial charge in [-0.15, -0.1) is 11.6 Å². The molecule has 1 aromatic carbocycles. The molecule has 0 fully saturated rings. The Bertz CT molecular complexity index is 597. The number of rotatable bonds is 7. The van der Waals surface area contributed by atoms with Crippen LogP contribution >= 0.6 is 23.4 Å². The van der Waals surface area contributed by atoms with Crippen LogP contribution in [0.1, 0.15) is 44.4 Å². The molecule has 0 radical (unpaired) electrons. The van der Waals surface area contributed by atoms with E-state index in [1.54, 1.807) is 0 Å². The standard InChI is InChI=1S/C16H23ClN2OS/c1-5-12(10-21-4)19-13-8-7-9-14(20-6-2)15(13)18-16(19)11(3)17/h7-9,11-12H,5-6,10H2,1-4H3. The van der Waals surface area contributed by atoms with Crippen molar-refractivity contribution in [3.63, 3.8) is 0 Å². The molecule has 116 valence electrons. The van der Waals surface area contributed by atoms with Crippen molar-refractivity contribution in [1.29, 1.82) is 0 Å². The van der Waals surface area contributed by atoms with Crippen LogP contribution in [0.4, 0.5) is 0 Å². The summed E-state index contributed by atoms with van der Waals surface area (Å²) in [6.45, 7) is 6.82. The van der Waals surface area contributed by atoms with Gasteiger partial charge in [0.2, 0.25) is 0 Å². The molecule has 2 unspecified atom stereocenters. The van der Waals surface area contributed by atoms with Crippen LogP contribution < -0.4 is 4.74 Å². The molecule has 0 saturated carbocycles. The molecule has 0 saturated heterocycles. The lowest BCUT2D eigenvalue weighted by atomic mass is 10.2. The third-order valence-corrected chi connectivity index (χ3v) is 4.47. The van der Waals surface area contributed by atoms with E-state index in [9.17, 15) is 0 Å². The van der Waals surface area contributed by atoms with Crippen molar-refractivity contribution in [2.24, 2.45) is 0 Å². The maximum atomic E-state index is 6.38. The normalized spacial score (nSPS) is 14.3. The molecule has 0 spiro atoms. The Labute approximate surface area is 136 Å². The highest BCUT2D eigenvalue weighted by molar-refractivity contribution is 7.98. The third kappa shape index (κ3) is 3.32. The molecule has 1 heterocycles. The number of para-hydroxylation sites is 1. The average Bonchev–Trinajstić information content (AvgIpc) is 2.86. The Kier molecular flexibility index (Phi) is 5.82. The highest BCUT2D eigenvalue weighted by Gasteiger charge is 2.22. The van der Waals surface area contributed by atoms with Gasteiger partial charge in [0.05, 0.1) is 17.5 Å². The SMILES string of the molecule is CCOc1cccc2c1nc(C(C)Cl)n2C(CC)CSC. The molecule has 0 aliphatic carbocycles. The van der Waals surface area contributed by atoms with Crippen LogP contribution in [0.25, 0.3) is 11.0 Å². The van der Waals surface area contributed by atoms with Crippen molar-refractivity contribution in [1.82, 2.24) is 9.55 Å². The van der Waals surface area contributed by atoms with Gasteiger partial charge >= 0.3 is 0 Å². The summed E-state index contributed by atoms with van der Waals surface area (Å²) >= 11 is 8.23. The van der Waals surface area contributed by atoms with E-state index in [2.05, 4.69) is 23.8 Å². The van der Waals surface area contributed by atoms with Crippen LogP contribution in [0.5, 0.6) is 5.75 Å². The van der Waals surface area contributed by atoms with Crippen LogP contribution in [0, 0.1) is 0 Å². The Morgan fingerprint density at radius 2 is 2.14 bits per heavy atom. The lowest BCUT2D eigenvalue weighted by molar-refractivity contribution is 0.343. The van der Waals surface area contributed by atoms with Crippen molar-refractivity contribution in [2.45, 2.75) is 38.6 Å². The number of thioether (sulfide) groups is 1. The maximum Gasteiger partial charge on any atom is 0.147 e. The molecule has 0 N–H and O–H groups in total. The van der Waals surface area contributed by atoms with Gasteiger partial charge in [-0.2, -0.15) is 11.8 Å². The van der Waals surface area contributed by atoms with Gasteiger partial charge in [0.15, 0.2) is 0 Å². The summed E-state index contributed by atoms with van der Waals surface area (Å²) in [5.74, 6) is 2.82. The number of fused-ring (bicyclic) bond motifs is 1. The Morgan fingerprint density at radius 1 is 1.38 bits per heavy atom. The number of halogens is 1. The summed E-state index contributed by atoms with van der Waals surface area (Å²) in [6, 6.07) is 6.51. The van der Waals surface area contributed by atoms with Crippen molar-refractivity contribution in [2.75, 3.05) is 18.6 Å². The number of alkyl halides is 1. The zero-order valence-corrected chi connectivity index (χ0v) is 14.7. The molecule has 2 rings (SSSR count). The Balaban J connectivity index is 2.65. The van der Waals surface area contributed by atoms with E-state index >= 15 is 0 Å². The van der Waals surface area contributed by atoms with Crippen molar-refractivity contribution in [3.8, 4) is 5.75 Å². The average molecular weight is 327 g/mol. The van der Waals surface area contributed by atoms with Crippen molar-refractivity contribution in [3.05, 3.63) is 24.0 Å². The first-order valence-electron chi connectivity index (χ1n) is 7.40. The van der Waals surface area contributed by atoms with Gasteiger partial charge in [-0.05, 0) is 38.7 Å². The second kappa shape index (κ2) is 7.41. The van der Waals surface area contributed by atoms with Crippen molar-refractivity contribution < 1.29 is 4.74 Å². The minimum absolute atomic E-state index is 0.122. The predicted molar refractivity (Wildman–Crippen MR) is 92.9 cm³/mol. The van der Waals surface area contributed by atoms with Crippen LogP contribution in [-0.2, 0) is 0 Å². The molecule has 2 atom stereocenters. The summed E-state index contributed by atoms with van der Waals surface area (Å²) in [4.78, 5) is 4.78. The lowest BCUT2D eigenvalue weighted by Crippen LogP contribution is -2.14. The predicted octanol–water partition coefficient (Wildman–Crippen LogP) is 5.05. The van der Waals surface area contributed by atoms with Crippen LogP contribution in [0.3, 0.4) is 0 Å². The van der Waals surface area contributed by atoms with Crippen LogP contribution in [-0.4, -0.2) is 28.2 Å². The minimum Gasteiger partial charge on any atom is -0.492 e. The van der Waals surface area contributed by atoms with Gasteiger partial charge in [0, 0.05) is 11.8 Å². The molecule has 2 aromatic rings. The van der Waals surface area contributed by atoms with E-state index in [1.165, 1.54) is 0 Å². The zero-order valence-electron chi connectivity index (χ0n) is 13.1. The first kappa shape index (κ1) is 16.5. The largest absolute Gasteiger partial charge is 0.492 e. The number of ether oxygens (including phenoxy) is 1. The third-order valence-electron chi connectivity index (χ3n) is 3.56. The second-order valence-electron chi connectivity index (χ2n) is 5.03. The molecule has 5 heteroatoms. The number of aromatic nitrogens is 2. The molecule has 1 aromatic heterocycles. The topological polar surface area (TPSA) is 27.1 Å². The fourth-order valence-electron chi connectivity index (χ4n) is 2.61. The summed E-state index contributed by atoms with van der Waals surface area (Å²) in [5, 5.41) is -0.122. The van der Waals surface area contributed by atoms with Gasteiger partial charge in [-0.25, -0.2) is 4.98 Å². The fourth-order valence-corrected chi connectivity index (χ4v) is 3.54. The first-order valence-corrected chi connectivity index (χ1v) is 9.23. The van der Waals surface area contributed by atoms with Crippen LogP contribution in [0.2, 0.25) is 0 Å². The van der Waals surface area contributed by atoms with E-state index in [-0.39, 0.29) is 5.38 Å². The second-order valence-corrected chi connectivity index (χ2v) is 6.60. The van der Waals surface area contributed by atoms with Crippen LogP contribution in [0.15, 0.2) is 18.2 Å². The highest BCUT2D eigenvalue weighted by Crippen LogP contribution is 2.34. The first-order chi connectivity index (χ1) is 10.1. The Morgan fingerprint density at radius 3 is 2.71 bits per heavy atom. The van der Waals surface area contributed by atoms with Gasteiger partial charge in [-0.3, -0.25) is 0 Å². The molecular formula is C16H23ClN2OS. The summed E-state index contributed by atoms with van der Waals surface area (Å²) < 4.78 is 8.01. The number of hydrogen-bond donors (Lipinski definition) is 0. The minimum atomic E-state index is -0.122. The number of nitrogens with zero attached hydrogens (tertiary/aromatic N) is 2. The van der Waals surface area contributed by atoms with Gasteiger partial charge in [0.25, 0.3) is 0 Å². The number of benzene rings is 1. The van der Waals surface area contributed by atoms with Gasteiger partial charge in [-0.1, -0.05) is 13.0 Å². The van der Waals surface area contributed by atoms with E-state index < -0.39 is 0 Å². The summed E-state index contributed by atoms with van der Waals surface area (Å²) in [5.41, 5.74) is 2.03. The van der Waals surface area contributed by atoms with Crippen molar-refractivity contribution >= 4 is 34.4 Å². The van der Waals surface area contributed by atoms with E-state index in [0.717, 1.165) is 34.8 Å². The zero-order chi connectivity index (χ0) is 15.4. The maximum absolute atomic E-state index is 6.38. The lowest BCUT2D eigenvalue weighted by Gasteiger charge is -2.20. The number of hydrogen-bond acceptors (Lipinski definition) is 3. The molecule has 0 bridgehead atoms. The molecule has 3 nitrogen and oxygen atoms in total. The molecule has 0 amide bonds. The highest BCUT2D eigenvalue weighted by atomic mass is 35.5. The molecule has 21 heavy (non-hydrogen) atoms. The number of imidazole rings is 1. The fraction of sp³-hybridized carbons (Fsp3) is 0.562. The van der Waals surface area contributed by atoms with E-state index in [4.69, 9.17) is 21.3 Å². The monoisotopic (exact) mass is 326 g/mol. The summed E-state index contributed by atoms with van der Waals surface area (Å²) in [7, 11) is 0.